The van der Waals surface area contributed by atoms with Gasteiger partial charge in [0.25, 0.3) is 0 Å². The fraction of sp³-hybridized carbons (Fsp3) is 0.375. The van der Waals surface area contributed by atoms with Crippen LogP contribution in [0.4, 0.5) is 0 Å². The summed E-state index contributed by atoms with van der Waals surface area (Å²) in [5, 5.41) is 1.09. The molecule has 5 rings (SSSR count). The Morgan fingerprint density at radius 3 is 2.61 bits per heavy atom. The van der Waals surface area contributed by atoms with Crippen LogP contribution in [-0.4, -0.2) is 18.2 Å². The first-order valence-electron chi connectivity index (χ1n) is 10.2. The topological polar surface area (TPSA) is 42.7 Å². The zero-order valence-electron chi connectivity index (χ0n) is 16.2. The van der Waals surface area contributed by atoms with Gasteiger partial charge in [0, 0.05) is 24.0 Å². The maximum atomic E-state index is 12.6. The van der Waals surface area contributed by atoms with Gasteiger partial charge in [-0.2, -0.15) is 0 Å². The van der Waals surface area contributed by atoms with E-state index < -0.39 is 0 Å². The van der Waals surface area contributed by atoms with Gasteiger partial charge in [-0.05, 0) is 54.9 Å². The number of ether oxygens (including phenoxy) is 1. The standard InChI is InChI=1S/C24H25NO3/c1-16(17-7-3-2-4-8-17)13-25-14-21-22(27-15-25)12-11-19-18-9-5-6-10-20(18)24(26)28-23(19)21/h2-4,7-8,11-12,16H,5-6,9-10,13-15H2,1H3/t16-/m1/s1. The van der Waals surface area contributed by atoms with Crippen LogP contribution in [0.15, 0.2) is 51.7 Å². The molecule has 0 spiro atoms. The summed E-state index contributed by atoms with van der Waals surface area (Å²) in [6.07, 6.45) is 4.01. The lowest BCUT2D eigenvalue weighted by atomic mass is 9.90. The number of hydrogen-bond acceptors (Lipinski definition) is 4. The van der Waals surface area contributed by atoms with Gasteiger partial charge in [0.1, 0.15) is 18.1 Å². The van der Waals surface area contributed by atoms with Crippen LogP contribution in [0.25, 0.3) is 11.0 Å². The summed E-state index contributed by atoms with van der Waals surface area (Å²) in [6, 6.07) is 14.7. The van der Waals surface area contributed by atoms with Gasteiger partial charge >= 0.3 is 5.63 Å². The van der Waals surface area contributed by atoms with Gasteiger partial charge in [0.05, 0.1) is 5.56 Å². The molecule has 0 saturated carbocycles. The van der Waals surface area contributed by atoms with Gasteiger partial charge in [-0.1, -0.05) is 37.3 Å². The molecule has 0 radical (unpaired) electrons. The van der Waals surface area contributed by atoms with E-state index >= 15 is 0 Å². The molecule has 2 aliphatic rings. The molecule has 0 N–H and O–H groups in total. The fourth-order valence-electron chi connectivity index (χ4n) is 4.65. The van der Waals surface area contributed by atoms with Crippen LogP contribution >= 0.6 is 0 Å². The van der Waals surface area contributed by atoms with Crippen molar-refractivity contribution in [3.8, 4) is 5.75 Å². The molecule has 0 saturated heterocycles. The maximum Gasteiger partial charge on any atom is 0.339 e. The van der Waals surface area contributed by atoms with E-state index in [0.29, 0.717) is 12.6 Å². The Kier molecular flexibility index (Phi) is 4.44. The molecule has 2 aromatic carbocycles. The second-order valence-corrected chi connectivity index (χ2v) is 8.07. The van der Waals surface area contributed by atoms with Crippen molar-refractivity contribution in [2.24, 2.45) is 0 Å². The van der Waals surface area contributed by atoms with Crippen molar-refractivity contribution in [1.29, 1.82) is 0 Å². The number of aryl methyl sites for hydroxylation is 1. The van der Waals surface area contributed by atoms with E-state index in [2.05, 4.69) is 42.2 Å². The quantitative estimate of drug-likeness (QED) is 0.626. The van der Waals surface area contributed by atoms with Crippen molar-refractivity contribution in [2.75, 3.05) is 13.3 Å². The zero-order chi connectivity index (χ0) is 19.1. The van der Waals surface area contributed by atoms with E-state index in [0.717, 1.165) is 66.6 Å². The lowest BCUT2D eigenvalue weighted by molar-refractivity contribution is 0.0908. The maximum absolute atomic E-state index is 12.6. The lowest BCUT2D eigenvalue weighted by Crippen LogP contribution is -2.35. The van der Waals surface area contributed by atoms with Crippen LogP contribution in [0, 0.1) is 0 Å². The van der Waals surface area contributed by atoms with Gasteiger partial charge in [0.2, 0.25) is 0 Å². The molecule has 0 bridgehead atoms. The molecule has 4 nitrogen and oxygen atoms in total. The predicted octanol–water partition coefficient (Wildman–Crippen LogP) is 4.63. The van der Waals surface area contributed by atoms with Crippen molar-refractivity contribution < 1.29 is 9.15 Å². The first kappa shape index (κ1) is 17.5. The van der Waals surface area contributed by atoms with Gasteiger partial charge in [0.15, 0.2) is 0 Å². The minimum absolute atomic E-state index is 0.162. The highest BCUT2D eigenvalue weighted by molar-refractivity contribution is 5.86. The average molecular weight is 375 g/mol. The van der Waals surface area contributed by atoms with Gasteiger partial charge < -0.3 is 9.15 Å². The summed E-state index contributed by atoms with van der Waals surface area (Å²) < 4.78 is 11.9. The van der Waals surface area contributed by atoms with Crippen molar-refractivity contribution in [2.45, 2.75) is 45.1 Å². The molecule has 144 valence electrons. The Balaban J connectivity index is 1.49. The third-order valence-electron chi connectivity index (χ3n) is 6.14. The van der Waals surface area contributed by atoms with Crippen molar-refractivity contribution in [1.82, 2.24) is 4.90 Å². The normalized spacial score (nSPS) is 17.6. The number of fused-ring (bicyclic) bond motifs is 5. The Bertz CT molecular complexity index is 1070. The van der Waals surface area contributed by atoms with Gasteiger partial charge in [-0.25, -0.2) is 4.79 Å². The second kappa shape index (κ2) is 7.10. The molecule has 4 heteroatoms. The Morgan fingerprint density at radius 1 is 1.00 bits per heavy atom. The Morgan fingerprint density at radius 2 is 1.79 bits per heavy atom. The van der Waals surface area contributed by atoms with Crippen LogP contribution < -0.4 is 10.4 Å². The smallest absolute Gasteiger partial charge is 0.339 e. The SMILES string of the molecule is C[C@H](CN1COc2ccc3c4c(c(=O)oc3c2C1)CCCC4)c1ccccc1. The van der Waals surface area contributed by atoms with E-state index in [9.17, 15) is 4.79 Å². The molecule has 28 heavy (non-hydrogen) atoms. The second-order valence-electron chi connectivity index (χ2n) is 8.07. The zero-order valence-corrected chi connectivity index (χ0v) is 16.2. The number of benzene rings is 2. The minimum atomic E-state index is -0.162. The number of nitrogens with zero attached hydrogens (tertiary/aromatic N) is 1. The average Bonchev–Trinajstić information content (AvgIpc) is 2.74. The summed E-state index contributed by atoms with van der Waals surface area (Å²) in [5.41, 5.74) is 4.96. The Labute approximate surface area is 164 Å². The van der Waals surface area contributed by atoms with Gasteiger partial charge in [-0.15, -0.1) is 0 Å². The van der Waals surface area contributed by atoms with Crippen LogP contribution in [0.2, 0.25) is 0 Å². The minimum Gasteiger partial charge on any atom is -0.478 e. The summed E-state index contributed by atoms with van der Waals surface area (Å²) in [4.78, 5) is 14.9. The molecule has 0 amide bonds. The molecule has 2 heterocycles. The number of rotatable bonds is 3. The molecule has 0 unspecified atom stereocenters. The van der Waals surface area contributed by atoms with Crippen molar-refractivity contribution in [3.63, 3.8) is 0 Å². The third-order valence-corrected chi connectivity index (χ3v) is 6.14. The highest BCUT2D eigenvalue weighted by atomic mass is 16.5. The molecular weight excluding hydrogens is 350 g/mol. The predicted molar refractivity (Wildman–Crippen MR) is 110 cm³/mol. The highest BCUT2D eigenvalue weighted by Crippen LogP contribution is 2.36. The van der Waals surface area contributed by atoms with Crippen LogP contribution in [0.5, 0.6) is 5.75 Å². The number of hydrogen-bond donors (Lipinski definition) is 0. The van der Waals surface area contributed by atoms with E-state index in [1.165, 1.54) is 11.1 Å². The van der Waals surface area contributed by atoms with Crippen molar-refractivity contribution in [3.05, 3.63) is 75.1 Å². The molecule has 1 aliphatic carbocycles. The molecule has 1 aliphatic heterocycles. The summed E-state index contributed by atoms with van der Waals surface area (Å²) in [6.45, 7) is 4.44. The van der Waals surface area contributed by atoms with Crippen LogP contribution in [0.3, 0.4) is 0 Å². The Hall–Kier alpha value is -2.59. The molecule has 1 atom stereocenters. The van der Waals surface area contributed by atoms with Crippen molar-refractivity contribution >= 4 is 11.0 Å². The first-order chi connectivity index (χ1) is 13.7. The summed E-state index contributed by atoms with van der Waals surface area (Å²) in [7, 11) is 0. The lowest BCUT2D eigenvalue weighted by Gasteiger charge is -2.31. The molecule has 3 aromatic rings. The van der Waals surface area contributed by atoms with Crippen LogP contribution in [-0.2, 0) is 19.4 Å². The van der Waals surface area contributed by atoms with Crippen LogP contribution in [0.1, 0.15) is 47.9 Å². The molecule has 0 fully saturated rings. The summed E-state index contributed by atoms with van der Waals surface area (Å²) in [5.74, 6) is 1.25. The van der Waals surface area contributed by atoms with E-state index in [-0.39, 0.29) is 5.63 Å². The van der Waals surface area contributed by atoms with E-state index in [4.69, 9.17) is 9.15 Å². The van der Waals surface area contributed by atoms with E-state index in [1.807, 2.05) is 12.1 Å². The van der Waals surface area contributed by atoms with Gasteiger partial charge in [-0.3, -0.25) is 4.90 Å². The fourth-order valence-corrected chi connectivity index (χ4v) is 4.65. The first-order valence-corrected chi connectivity index (χ1v) is 10.2. The highest BCUT2D eigenvalue weighted by Gasteiger charge is 2.26. The monoisotopic (exact) mass is 375 g/mol. The van der Waals surface area contributed by atoms with E-state index in [1.54, 1.807) is 0 Å². The molecule has 1 aromatic heterocycles. The third kappa shape index (κ3) is 3.02. The largest absolute Gasteiger partial charge is 0.478 e. The summed E-state index contributed by atoms with van der Waals surface area (Å²) >= 11 is 0. The molecular formula is C24H25NO3.